The summed E-state index contributed by atoms with van der Waals surface area (Å²) in [5.74, 6) is 1.19. The number of benzene rings is 1. The molecule has 2 saturated heterocycles. The van der Waals surface area contributed by atoms with Crippen molar-refractivity contribution in [1.29, 1.82) is 0 Å². The second kappa shape index (κ2) is 6.18. The van der Waals surface area contributed by atoms with Gasteiger partial charge in [-0.05, 0) is 37.8 Å². The van der Waals surface area contributed by atoms with Gasteiger partial charge in [0, 0.05) is 55.3 Å². The summed E-state index contributed by atoms with van der Waals surface area (Å²) in [7, 11) is 0. The van der Waals surface area contributed by atoms with Crippen LogP contribution in [0.3, 0.4) is 0 Å². The van der Waals surface area contributed by atoms with Gasteiger partial charge >= 0.3 is 0 Å². The van der Waals surface area contributed by atoms with Crippen LogP contribution in [-0.2, 0) is 4.74 Å². The Morgan fingerprint density at radius 3 is 2.92 bits per heavy atom. The Hall–Kier alpha value is -1.79. The quantitative estimate of drug-likeness (QED) is 0.929. The fourth-order valence-electron chi connectivity index (χ4n) is 4.48. The molecule has 1 saturated carbocycles. The van der Waals surface area contributed by atoms with Gasteiger partial charge in [-0.1, -0.05) is 0 Å². The van der Waals surface area contributed by atoms with E-state index in [1.807, 2.05) is 0 Å². The summed E-state index contributed by atoms with van der Waals surface area (Å²) >= 11 is 0. The maximum Gasteiger partial charge on any atom is 0.225 e. The molecule has 0 amide bonds. The predicted octanol–water partition coefficient (Wildman–Crippen LogP) is 2.50. The Morgan fingerprint density at radius 2 is 2.08 bits per heavy atom. The van der Waals surface area contributed by atoms with Crippen molar-refractivity contribution in [2.75, 3.05) is 24.6 Å². The SMILES string of the molecule is Fc1ccc2cnc(N3CCC(N[C@@H]4C[C@H]5OCC[C@@H]45)CC3)nc2c1. The molecule has 5 nitrogen and oxygen atoms in total. The third kappa shape index (κ3) is 2.87. The Bertz CT molecular complexity index is 777. The first kappa shape index (κ1) is 15.5. The molecular weight excluding hydrogens is 319 g/mol. The zero-order valence-electron chi connectivity index (χ0n) is 14.2. The fraction of sp³-hybridized carbons (Fsp3) is 0.579. The monoisotopic (exact) mass is 342 g/mol. The number of hydrogen-bond acceptors (Lipinski definition) is 5. The van der Waals surface area contributed by atoms with E-state index in [1.165, 1.54) is 25.0 Å². The number of nitrogens with zero attached hydrogens (tertiary/aromatic N) is 3. The molecule has 132 valence electrons. The van der Waals surface area contributed by atoms with Crippen molar-refractivity contribution < 1.29 is 9.13 Å². The number of halogens is 1. The fourth-order valence-corrected chi connectivity index (χ4v) is 4.48. The molecule has 3 heterocycles. The van der Waals surface area contributed by atoms with Crippen LogP contribution in [-0.4, -0.2) is 47.9 Å². The molecular formula is C19H23FN4O. The highest BCUT2D eigenvalue weighted by Gasteiger charge is 2.45. The van der Waals surface area contributed by atoms with Crippen LogP contribution in [0.5, 0.6) is 0 Å². The van der Waals surface area contributed by atoms with Crippen LogP contribution >= 0.6 is 0 Å². The second-order valence-electron chi connectivity index (χ2n) is 7.51. The minimum absolute atomic E-state index is 0.255. The summed E-state index contributed by atoms with van der Waals surface area (Å²) in [6, 6.07) is 5.86. The average molecular weight is 342 g/mol. The van der Waals surface area contributed by atoms with E-state index in [2.05, 4.69) is 20.2 Å². The van der Waals surface area contributed by atoms with Crippen LogP contribution in [0.1, 0.15) is 25.7 Å². The summed E-state index contributed by atoms with van der Waals surface area (Å²) in [6.45, 7) is 2.82. The van der Waals surface area contributed by atoms with E-state index < -0.39 is 0 Å². The Kier molecular flexibility index (Phi) is 3.82. The van der Waals surface area contributed by atoms with Crippen molar-refractivity contribution in [3.8, 4) is 0 Å². The number of nitrogens with one attached hydrogen (secondary N) is 1. The molecule has 1 aromatic heterocycles. The van der Waals surface area contributed by atoms with Crippen LogP contribution < -0.4 is 10.2 Å². The minimum atomic E-state index is -0.255. The smallest absolute Gasteiger partial charge is 0.225 e. The standard InChI is InChI=1S/C19H23FN4O/c20-13-2-1-12-11-21-19(23-16(12)9-13)24-6-3-14(4-7-24)22-17-10-18-15(17)5-8-25-18/h1-2,9,11,14-15,17-18,22H,3-8,10H2/t15-,17+,18+/m0/s1. The normalized spacial score (nSPS) is 29.6. The molecule has 5 rings (SSSR count). The Balaban J connectivity index is 1.21. The highest BCUT2D eigenvalue weighted by molar-refractivity contribution is 5.78. The lowest BCUT2D eigenvalue weighted by molar-refractivity contribution is 0.00281. The summed E-state index contributed by atoms with van der Waals surface area (Å²) in [5.41, 5.74) is 0.673. The summed E-state index contributed by atoms with van der Waals surface area (Å²) in [6.07, 6.45) is 6.88. The average Bonchev–Trinajstić information content (AvgIpc) is 3.00. The number of ether oxygens (including phenoxy) is 1. The lowest BCUT2D eigenvalue weighted by Crippen LogP contribution is -2.56. The Morgan fingerprint density at radius 1 is 1.20 bits per heavy atom. The first-order valence-electron chi connectivity index (χ1n) is 9.31. The molecule has 2 aliphatic heterocycles. The third-order valence-electron chi connectivity index (χ3n) is 6.02. The van der Waals surface area contributed by atoms with Gasteiger partial charge in [0.15, 0.2) is 0 Å². The summed E-state index contributed by atoms with van der Waals surface area (Å²) < 4.78 is 19.1. The lowest BCUT2D eigenvalue weighted by atomic mass is 9.75. The van der Waals surface area contributed by atoms with Crippen LogP contribution in [0.4, 0.5) is 10.3 Å². The van der Waals surface area contributed by atoms with Crippen molar-refractivity contribution >= 4 is 16.9 Å². The van der Waals surface area contributed by atoms with Gasteiger partial charge in [0.05, 0.1) is 11.6 Å². The molecule has 1 aromatic carbocycles. The first-order valence-corrected chi connectivity index (χ1v) is 9.31. The molecule has 1 N–H and O–H groups in total. The molecule has 3 atom stereocenters. The highest BCUT2D eigenvalue weighted by Crippen LogP contribution is 2.39. The maximum absolute atomic E-state index is 13.4. The molecule has 3 fully saturated rings. The van der Waals surface area contributed by atoms with Gasteiger partial charge < -0.3 is 15.0 Å². The van der Waals surface area contributed by atoms with Crippen molar-refractivity contribution in [3.63, 3.8) is 0 Å². The summed E-state index contributed by atoms with van der Waals surface area (Å²) in [5, 5.41) is 4.71. The zero-order valence-corrected chi connectivity index (χ0v) is 14.2. The number of rotatable bonds is 3. The largest absolute Gasteiger partial charge is 0.378 e. The lowest BCUT2D eigenvalue weighted by Gasteiger charge is -2.43. The Labute approximate surface area is 146 Å². The molecule has 3 aliphatic rings. The van der Waals surface area contributed by atoms with Crippen LogP contribution in [0.25, 0.3) is 10.9 Å². The third-order valence-corrected chi connectivity index (χ3v) is 6.02. The molecule has 0 unspecified atom stereocenters. The van der Waals surface area contributed by atoms with Gasteiger partial charge in [0.1, 0.15) is 5.82 Å². The van der Waals surface area contributed by atoms with E-state index >= 15 is 0 Å². The van der Waals surface area contributed by atoms with E-state index in [0.717, 1.165) is 43.8 Å². The van der Waals surface area contributed by atoms with Crippen LogP contribution in [0.15, 0.2) is 24.4 Å². The van der Waals surface area contributed by atoms with Gasteiger partial charge in [-0.25, -0.2) is 14.4 Å². The minimum Gasteiger partial charge on any atom is -0.378 e. The molecule has 0 spiro atoms. The van der Waals surface area contributed by atoms with Gasteiger partial charge in [0.2, 0.25) is 5.95 Å². The number of aromatic nitrogens is 2. The van der Waals surface area contributed by atoms with Crippen LogP contribution in [0.2, 0.25) is 0 Å². The van der Waals surface area contributed by atoms with E-state index in [4.69, 9.17) is 4.74 Å². The van der Waals surface area contributed by atoms with Crippen molar-refractivity contribution in [2.45, 2.75) is 43.9 Å². The first-order chi connectivity index (χ1) is 12.3. The second-order valence-corrected chi connectivity index (χ2v) is 7.51. The molecule has 2 aromatic rings. The van der Waals surface area contributed by atoms with Crippen molar-refractivity contribution in [3.05, 3.63) is 30.2 Å². The predicted molar refractivity (Wildman–Crippen MR) is 94.1 cm³/mol. The molecule has 1 aliphatic carbocycles. The zero-order chi connectivity index (χ0) is 16.8. The molecule has 6 heteroatoms. The van der Waals surface area contributed by atoms with Gasteiger partial charge in [-0.2, -0.15) is 0 Å². The number of fused-ring (bicyclic) bond motifs is 2. The topological polar surface area (TPSA) is 50.3 Å². The maximum atomic E-state index is 13.4. The number of anilines is 1. The van der Waals surface area contributed by atoms with Gasteiger partial charge in [0.25, 0.3) is 0 Å². The van der Waals surface area contributed by atoms with E-state index in [-0.39, 0.29) is 5.82 Å². The van der Waals surface area contributed by atoms with E-state index in [1.54, 1.807) is 12.3 Å². The van der Waals surface area contributed by atoms with Crippen molar-refractivity contribution in [1.82, 2.24) is 15.3 Å². The van der Waals surface area contributed by atoms with Gasteiger partial charge in [-0.3, -0.25) is 0 Å². The molecule has 0 radical (unpaired) electrons. The highest BCUT2D eigenvalue weighted by atomic mass is 19.1. The number of hydrogen-bond donors (Lipinski definition) is 1. The number of piperidine rings is 1. The molecule has 25 heavy (non-hydrogen) atoms. The van der Waals surface area contributed by atoms with E-state index in [9.17, 15) is 4.39 Å². The van der Waals surface area contributed by atoms with Crippen LogP contribution in [0, 0.1) is 11.7 Å². The molecule has 0 bridgehead atoms. The van der Waals surface area contributed by atoms with Gasteiger partial charge in [-0.15, -0.1) is 0 Å². The van der Waals surface area contributed by atoms with E-state index in [0.29, 0.717) is 29.7 Å². The van der Waals surface area contributed by atoms with Crippen molar-refractivity contribution in [2.24, 2.45) is 5.92 Å². The summed E-state index contributed by atoms with van der Waals surface area (Å²) in [4.78, 5) is 11.2.